The topological polar surface area (TPSA) is 105 Å². The maximum atomic E-state index is 11.0. The van der Waals surface area contributed by atoms with Gasteiger partial charge in [0.2, 0.25) is 0 Å². The molecule has 7 heteroatoms. The highest BCUT2D eigenvalue weighted by atomic mass is 16.5. The number of hydrogen-bond donors (Lipinski definition) is 2. The van der Waals surface area contributed by atoms with Crippen LogP contribution in [0.2, 0.25) is 0 Å². The second kappa shape index (κ2) is 10.6. The van der Waals surface area contributed by atoms with E-state index in [1.54, 1.807) is 18.2 Å². The van der Waals surface area contributed by atoms with E-state index < -0.39 is 17.9 Å². The number of carboxylic acid groups (broad SMARTS) is 2. The van der Waals surface area contributed by atoms with Gasteiger partial charge in [0.25, 0.3) is 0 Å². The molecule has 0 amide bonds. The van der Waals surface area contributed by atoms with Gasteiger partial charge < -0.3 is 19.7 Å². The molecule has 0 saturated carbocycles. The Kier molecular flexibility index (Phi) is 7.37. The van der Waals surface area contributed by atoms with Crippen molar-refractivity contribution in [3.8, 4) is 11.5 Å². The van der Waals surface area contributed by atoms with Gasteiger partial charge in [-0.3, -0.25) is 14.6 Å². The Morgan fingerprint density at radius 3 is 1.81 bits per heavy atom. The molecule has 0 aliphatic heterocycles. The number of benzene rings is 3. The highest BCUT2D eigenvalue weighted by Gasteiger charge is 2.23. The summed E-state index contributed by atoms with van der Waals surface area (Å²) < 4.78 is 11.8. The van der Waals surface area contributed by atoms with Gasteiger partial charge in [-0.1, -0.05) is 60.7 Å². The van der Waals surface area contributed by atoms with E-state index in [1.165, 1.54) is 0 Å². The van der Waals surface area contributed by atoms with Crippen molar-refractivity contribution in [2.45, 2.75) is 13.2 Å². The minimum Gasteiger partial charge on any atom is -0.485 e. The first-order valence-electron chi connectivity index (χ1n) is 9.50. The third-order valence-corrected chi connectivity index (χ3v) is 4.31. The van der Waals surface area contributed by atoms with E-state index in [0.29, 0.717) is 30.4 Å². The summed E-state index contributed by atoms with van der Waals surface area (Å²) in [6, 6.07) is 24.1. The van der Waals surface area contributed by atoms with E-state index in [4.69, 9.17) is 19.7 Å². The molecule has 0 bridgehead atoms. The molecule has 31 heavy (non-hydrogen) atoms. The van der Waals surface area contributed by atoms with Crippen LogP contribution in [0, 0.1) is 5.92 Å². The fourth-order valence-electron chi connectivity index (χ4n) is 2.67. The van der Waals surface area contributed by atoms with E-state index in [9.17, 15) is 9.59 Å². The zero-order chi connectivity index (χ0) is 22.1. The van der Waals surface area contributed by atoms with E-state index in [0.717, 1.165) is 17.3 Å². The molecular formula is C24H21NO6. The molecule has 158 valence electrons. The molecule has 0 spiro atoms. The van der Waals surface area contributed by atoms with Gasteiger partial charge in [0, 0.05) is 12.3 Å². The maximum Gasteiger partial charge on any atom is 0.323 e. The Morgan fingerprint density at radius 2 is 1.29 bits per heavy atom. The first-order valence-corrected chi connectivity index (χ1v) is 9.50. The first kappa shape index (κ1) is 21.6. The SMILES string of the molecule is O=C(O)C(C=Nc1ccc(OCc2ccccc2)c(OCc2ccccc2)c1)C(=O)O. The monoisotopic (exact) mass is 419 g/mol. The van der Waals surface area contributed by atoms with Crippen molar-refractivity contribution >= 4 is 23.8 Å². The Balaban J connectivity index is 1.81. The van der Waals surface area contributed by atoms with Crippen molar-refractivity contribution in [1.29, 1.82) is 0 Å². The molecule has 0 aliphatic rings. The number of hydrogen-bond acceptors (Lipinski definition) is 5. The Hall–Kier alpha value is -4.13. The number of nitrogens with zero attached hydrogens (tertiary/aromatic N) is 1. The molecule has 3 aromatic carbocycles. The smallest absolute Gasteiger partial charge is 0.323 e. The summed E-state index contributed by atoms with van der Waals surface area (Å²) in [7, 11) is 0. The van der Waals surface area contributed by atoms with Gasteiger partial charge in [0.1, 0.15) is 13.2 Å². The summed E-state index contributed by atoms with van der Waals surface area (Å²) in [5.74, 6) is -3.80. The van der Waals surface area contributed by atoms with Crippen LogP contribution in [0.5, 0.6) is 11.5 Å². The Bertz CT molecular complexity index is 1040. The van der Waals surface area contributed by atoms with Crippen LogP contribution < -0.4 is 9.47 Å². The molecule has 2 N–H and O–H groups in total. The fourth-order valence-corrected chi connectivity index (χ4v) is 2.67. The van der Waals surface area contributed by atoms with Crippen LogP contribution in [-0.4, -0.2) is 28.4 Å². The molecule has 3 rings (SSSR count). The quantitative estimate of drug-likeness (QED) is 0.374. The lowest BCUT2D eigenvalue weighted by atomic mass is 10.2. The Labute approximate surface area is 179 Å². The van der Waals surface area contributed by atoms with Gasteiger partial charge in [-0.2, -0.15) is 0 Å². The Morgan fingerprint density at radius 1 is 0.774 bits per heavy atom. The predicted molar refractivity (Wildman–Crippen MR) is 115 cm³/mol. The first-order chi connectivity index (χ1) is 15.0. The van der Waals surface area contributed by atoms with Crippen LogP contribution in [0.4, 0.5) is 5.69 Å². The zero-order valence-electron chi connectivity index (χ0n) is 16.5. The largest absolute Gasteiger partial charge is 0.485 e. The summed E-state index contributed by atoms with van der Waals surface area (Å²) in [4.78, 5) is 26.1. The fraction of sp³-hybridized carbons (Fsp3) is 0.125. The van der Waals surface area contributed by atoms with Crippen LogP contribution in [-0.2, 0) is 22.8 Å². The lowest BCUT2D eigenvalue weighted by Gasteiger charge is -2.14. The lowest BCUT2D eigenvalue weighted by Crippen LogP contribution is -2.24. The molecule has 0 aliphatic carbocycles. The van der Waals surface area contributed by atoms with Crippen molar-refractivity contribution in [2.24, 2.45) is 10.9 Å². The minimum absolute atomic E-state index is 0.294. The molecule has 0 saturated heterocycles. The summed E-state index contributed by atoms with van der Waals surface area (Å²) in [6.45, 7) is 0.633. The molecule has 3 aromatic rings. The average Bonchev–Trinajstić information content (AvgIpc) is 2.78. The third kappa shape index (κ3) is 6.43. The lowest BCUT2D eigenvalue weighted by molar-refractivity contribution is -0.150. The third-order valence-electron chi connectivity index (χ3n) is 4.31. The van der Waals surface area contributed by atoms with Crippen molar-refractivity contribution in [3.05, 3.63) is 90.0 Å². The number of rotatable bonds is 10. The highest BCUT2D eigenvalue weighted by Crippen LogP contribution is 2.33. The van der Waals surface area contributed by atoms with Crippen LogP contribution >= 0.6 is 0 Å². The zero-order valence-corrected chi connectivity index (χ0v) is 16.5. The second-order valence-corrected chi connectivity index (χ2v) is 6.61. The predicted octanol–water partition coefficient (Wildman–Crippen LogP) is 4.33. The van der Waals surface area contributed by atoms with Gasteiger partial charge in [-0.15, -0.1) is 0 Å². The van der Waals surface area contributed by atoms with E-state index in [2.05, 4.69) is 4.99 Å². The summed E-state index contributed by atoms with van der Waals surface area (Å²) in [5.41, 5.74) is 2.30. The van der Waals surface area contributed by atoms with Crippen molar-refractivity contribution in [3.63, 3.8) is 0 Å². The molecule has 7 nitrogen and oxygen atoms in total. The number of aliphatic carboxylic acids is 2. The second-order valence-electron chi connectivity index (χ2n) is 6.61. The number of aliphatic imine (C=N–C) groups is 1. The van der Waals surface area contributed by atoms with Gasteiger partial charge in [-0.05, 0) is 23.3 Å². The molecule has 0 heterocycles. The molecule has 0 aromatic heterocycles. The minimum atomic E-state index is -1.73. The van der Waals surface area contributed by atoms with Crippen LogP contribution in [0.3, 0.4) is 0 Å². The molecule has 0 atom stereocenters. The van der Waals surface area contributed by atoms with Gasteiger partial charge in [0.05, 0.1) is 5.69 Å². The normalized spacial score (nSPS) is 10.9. The number of carbonyl (C=O) groups is 2. The summed E-state index contributed by atoms with van der Waals surface area (Å²) in [5, 5.41) is 18.0. The molecule has 0 fully saturated rings. The highest BCUT2D eigenvalue weighted by molar-refractivity contribution is 6.08. The van der Waals surface area contributed by atoms with Gasteiger partial charge in [0.15, 0.2) is 17.4 Å². The van der Waals surface area contributed by atoms with Crippen molar-refractivity contribution < 1.29 is 29.3 Å². The van der Waals surface area contributed by atoms with Crippen molar-refractivity contribution in [1.82, 2.24) is 0 Å². The molecule has 0 radical (unpaired) electrons. The standard InChI is InChI=1S/C24H21NO6/c26-23(27)20(24(28)29)14-25-19-11-12-21(30-15-17-7-3-1-4-8-17)22(13-19)31-16-18-9-5-2-6-10-18/h1-14,20H,15-16H2,(H,26,27)(H,28,29). The maximum absolute atomic E-state index is 11.0. The van der Waals surface area contributed by atoms with Crippen molar-refractivity contribution in [2.75, 3.05) is 0 Å². The van der Waals surface area contributed by atoms with Gasteiger partial charge >= 0.3 is 11.9 Å². The summed E-state index contributed by atoms with van der Waals surface area (Å²) >= 11 is 0. The summed E-state index contributed by atoms with van der Waals surface area (Å²) in [6.07, 6.45) is 0.880. The van der Waals surface area contributed by atoms with E-state index in [-0.39, 0.29) is 0 Å². The van der Waals surface area contributed by atoms with Crippen LogP contribution in [0.1, 0.15) is 11.1 Å². The van der Waals surface area contributed by atoms with E-state index >= 15 is 0 Å². The molecule has 0 unspecified atom stereocenters. The number of carboxylic acids is 2. The average molecular weight is 419 g/mol. The number of ether oxygens (including phenoxy) is 2. The van der Waals surface area contributed by atoms with Crippen LogP contribution in [0.15, 0.2) is 83.9 Å². The molecular weight excluding hydrogens is 398 g/mol. The van der Waals surface area contributed by atoms with Gasteiger partial charge in [-0.25, -0.2) is 0 Å². The van der Waals surface area contributed by atoms with E-state index in [1.807, 2.05) is 60.7 Å². The van der Waals surface area contributed by atoms with Crippen LogP contribution in [0.25, 0.3) is 0 Å².